The lowest BCUT2D eigenvalue weighted by molar-refractivity contribution is 0.0526. The van der Waals surface area contributed by atoms with Gasteiger partial charge in [0.05, 0.1) is 42.5 Å². The molecule has 0 saturated carbocycles. The third-order valence-corrected chi connectivity index (χ3v) is 5.86. The summed E-state index contributed by atoms with van der Waals surface area (Å²) in [7, 11) is 1.58. The molecular formula is C26H32N4O4S. The van der Waals surface area contributed by atoms with Crippen LogP contribution in [0.25, 0.3) is 5.69 Å². The summed E-state index contributed by atoms with van der Waals surface area (Å²) in [5.74, 6) is -0.173. The zero-order chi connectivity index (χ0) is 25.8. The maximum absolute atomic E-state index is 13.3. The van der Waals surface area contributed by atoms with Crippen LogP contribution >= 0.6 is 11.9 Å². The Bertz CT molecular complexity index is 1230. The Hall–Kier alpha value is -3.46. The number of nitrogens with zero attached hydrogens (tertiary/aromatic N) is 2. The summed E-state index contributed by atoms with van der Waals surface area (Å²) >= 11 is 1.45. The molecule has 186 valence electrons. The van der Waals surface area contributed by atoms with Gasteiger partial charge in [-0.1, -0.05) is 38.8 Å². The van der Waals surface area contributed by atoms with Crippen molar-refractivity contribution in [3.05, 3.63) is 65.0 Å². The Morgan fingerprint density at radius 1 is 1.11 bits per heavy atom. The zero-order valence-electron chi connectivity index (χ0n) is 21.2. The third kappa shape index (κ3) is 5.97. The Balaban J connectivity index is 1.96. The van der Waals surface area contributed by atoms with Crippen molar-refractivity contribution in [2.24, 2.45) is 0 Å². The topological polar surface area (TPSA) is 94.5 Å². The number of rotatable bonds is 8. The number of ether oxygens (including phenoxy) is 2. The SMILES string of the molecule is CCOC(=O)c1cnn(-c2cc(C(=O)Nc3cc(C(C)(C)C)cc(NSC)c3OC)ccc2C)c1. The van der Waals surface area contributed by atoms with Crippen molar-refractivity contribution in [2.75, 3.05) is 30.0 Å². The lowest BCUT2D eigenvalue weighted by Gasteiger charge is -2.24. The molecule has 3 rings (SSSR count). The van der Waals surface area contributed by atoms with Crippen molar-refractivity contribution >= 4 is 35.2 Å². The van der Waals surface area contributed by atoms with Gasteiger partial charge in [-0.25, -0.2) is 9.48 Å². The molecule has 2 N–H and O–H groups in total. The smallest absolute Gasteiger partial charge is 0.341 e. The summed E-state index contributed by atoms with van der Waals surface area (Å²) in [6.07, 6.45) is 4.98. The highest BCUT2D eigenvalue weighted by molar-refractivity contribution is 7.99. The summed E-state index contributed by atoms with van der Waals surface area (Å²) in [5.41, 5.74) is 4.67. The molecule has 0 aliphatic rings. The van der Waals surface area contributed by atoms with E-state index in [1.165, 1.54) is 18.1 Å². The van der Waals surface area contributed by atoms with Crippen molar-refractivity contribution in [3.8, 4) is 11.4 Å². The summed E-state index contributed by atoms with van der Waals surface area (Å²) in [4.78, 5) is 25.3. The Kier molecular flexibility index (Phi) is 8.11. The molecule has 0 bridgehead atoms. The molecular weight excluding hydrogens is 464 g/mol. The standard InChI is InChI=1S/C26H32N4O4S/c1-8-34-25(32)18-14-27-30(15-18)22-11-17(10-9-16(22)2)24(31)28-20-12-19(26(3,4)5)13-21(29-35-7)23(20)33-6/h9-15,29H,8H2,1-7H3,(H,28,31). The van der Waals surface area contributed by atoms with Crippen molar-refractivity contribution in [1.29, 1.82) is 0 Å². The molecule has 35 heavy (non-hydrogen) atoms. The molecule has 0 radical (unpaired) electrons. The number of aromatic nitrogens is 2. The molecule has 1 heterocycles. The molecule has 8 nitrogen and oxygen atoms in total. The average Bonchev–Trinajstić information content (AvgIpc) is 3.29. The summed E-state index contributed by atoms with van der Waals surface area (Å²) in [6.45, 7) is 10.3. The maximum Gasteiger partial charge on any atom is 0.341 e. The van der Waals surface area contributed by atoms with Gasteiger partial charge in [-0.3, -0.25) is 4.79 Å². The first-order chi connectivity index (χ1) is 16.6. The van der Waals surface area contributed by atoms with Crippen LogP contribution in [0.2, 0.25) is 0 Å². The van der Waals surface area contributed by atoms with Crippen LogP contribution < -0.4 is 14.8 Å². The van der Waals surface area contributed by atoms with Crippen LogP contribution in [0.15, 0.2) is 42.7 Å². The van der Waals surface area contributed by atoms with Crippen molar-refractivity contribution in [3.63, 3.8) is 0 Å². The van der Waals surface area contributed by atoms with Gasteiger partial charge in [0.25, 0.3) is 5.91 Å². The van der Waals surface area contributed by atoms with Gasteiger partial charge in [-0.15, -0.1) is 0 Å². The number of methoxy groups -OCH3 is 1. The van der Waals surface area contributed by atoms with Crippen LogP contribution in [0.3, 0.4) is 0 Å². The van der Waals surface area contributed by atoms with E-state index in [-0.39, 0.29) is 17.9 Å². The quantitative estimate of drug-likeness (QED) is 0.309. The second kappa shape index (κ2) is 10.9. The van der Waals surface area contributed by atoms with Crippen LogP contribution in [0.5, 0.6) is 5.75 Å². The predicted octanol–water partition coefficient (Wildman–Crippen LogP) is 5.61. The summed E-state index contributed by atoms with van der Waals surface area (Å²) < 4.78 is 15.5. The first-order valence-corrected chi connectivity index (χ1v) is 12.5. The third-order valence-electron chi connectivity index (χ3n) is 5.43. The number of amides is 1. The molecule has 0 aliphatic heterocycles. The van der Waals surface area contributed by atoms with Gasteiger partial charge in [0.15, 0.2) is 5.75 Å². The molecule has 0 atom stereocenters. The molecule has 0 spiro atoms. The molecule has 3 aromatic rings. The molecule has 1 amide bonds. The number of carbonyl (C=O) groups is 2. The minimum absolute atomic E-state index is 0.131. The van der Waals surface area contributed by atoms with Crippen LogP contribution in [0.4, 0.5) is 11.4 Å². The second-order valence-electron chi connectivity index (χ2n) is 9.01. The fourth-order valence-corrected chi connectivity index (χ4v) is 3.90. The van der Waals surface area contributed by atoms with Gasteiger partial charge < -0.3 is 19.5 Å². The Morgan fingerprint density at radius 3 is 2.46 bits per heavy atom. The molecule has 0 unspecified atom stereocenters. The zero-order valence-corrected chi connectivity index (χ0v) is 22.0. The van der Waals surface area contributed by atoms with E-state index in [1.807, 2.05) is 31.4 Å². The van der Waals surface area contributed by atoms with Gasteiger partial charge in [-0.2, -0.15) is 5.10 Å². The first-order valence-electron chi connectivity index (χ1n) is 11.2. The average molecular weight is 497 g/mol. The maximum atomic E-state index is 13.3. The van der Waals surface area contributed by atoms with Crippen LogP contribution in [0, 0.1) is 6.92 Å². The number of esters is 1. The minimum Gasteiger partial charge on any atom is -0.492 e. The number of carbonyl (C=O) groups excluding carboxylic acids is 2. The Morgan fingerprint density at radius 2 is 1.83 bits per heavy atom. The van der Waals surface area contributed by atoms with Gasteiger partial charge in [0, 0.05) is 18.0 Å². The highest BCUT2D eigenvalue weighted by Crippen LogP contribution is 2.39. The fraction of sp³-hybridized carbons (Fsp3) is 0.346. The first kappa shape index (κ1) is 26.2. The number of nitrogens with one attached hydrogen (secondary N) is 2. The molecule has 9 heteroatoms. The number of anilines is 2. The highest BCUT2D eigenvalue weighted by Gasteiger charge is 2.21. The number of hydrogen-bond acceptors (Lipinski definition) is 7. The van der Waals surface area contributed by atoms with Crippen molar-refractivity contribution in [2.45, 2.75) is 40.0 Å². The lowest BCUT2D eigenvalue weighted by Crippen LogP contribution is -2.17. The van der Waals surface area contributed by atoms with Crippen LogP contribution in [0.1, 0.15) is 59.5 Å². The van der Waals surface area contributed by atoms with E-state index in [9.17, 15) is 9.59 Å². The lowest BCUT2D eigenvalue weighted by atomic mass is 9.86. The molecule has 1 aromatic heterocycles. The number of hydrogen-bond donors (Lipinski definition) is 2. The molecule has 0 fully saturated rings. The van der Waals surface area contributed by atoms with Crippen molar-refractivity contribution in [1.82, 2.24) is 9.78 Å². The largest absolute Gasteiger partial charge is 0.492 e. The van der Waals surface area contributed by atoms with Gasteiger partial charge >= 0.3 is 5.97 Å². The monoisotopic (exact) mass is 496 g/mol. The normalized spacial score (nSPS) is 11.2. The van der Waals surface area contributed by atoms with E-state index in [0.29, 0.717) is 28.3 Å². The van der Waals surface area contributed by atoms with Crippen LogP contribution in [-0.2, 0) is 10.2 Å². The summed E-state index contributed by atoms with van der Waals surface area (Å²) in [5, 5.41) is 7.30. The van der Waals surface area contributed by atoms with E-state index < -0.39 is 5.97 Å². The van der Waals surface area contributed by atoms with E-state index in [4.69, 9.17) is 9.47 Å². The Labute approximate surface area is 210 Å². The molecule has 0 aliphatic carbocycles. The number of aryl methyl sites for hydroxylation is 1. The van der Waals surface area contributed by atoms with E-state index in [2.05, 4.69) is 35.9 Å². The van der Waals surface area contributed by atoms with E-state index in [0.717, 1.165) is 16.8 Å². The molecule has 2 aromatic carbocycles. The van der Waals surface area contributed by atoms with E-state index >= 15 is 0 Å². The molecule has 0 saturated heterocycles. The van der Waals surface area contributed by atoms with Crippen molar-refractivity contribution < 1.29 is 19.1 Å². The fourth-order valence-electron chi connectivity index (χ4n) is 3.53. The van der Waals surface area contributed by atoms with Gasteiger partial charge in [0.2, 0.25) is 0 Å². The predicted molar refractivity (Wildman–Crippen MR) is 141 cm³/mol. The minimum atomic E-state index is -0.439. The van der Waals surface area contributed by atoms with E-state index in [1.54, 1.807) is 37.0 Å². The highest BCUT2D eigenvalue weighted by atomic mass is 32.2. The van der Waals surface area contributed by atoms with Crippen LogP contribution in [-0.4, -0.2) is 41.6 Å². The van der Waals surface area contributed by atoms with Gasteiger partial charge in [0.1, 0.15) is 0 Å². The number of benzene rings is 2. The summed E-state index contributed by atoms with van der Waals surface area (Å²) in [6, 6.07) is 9.32. The second-order valence-corrected chi connectivity index (χ2v) is 9.62. The van der Waals surface area contributed by atoms with Gasteiger partial charge in [-0.05, 0) is 54.7 Å².